The van der Waals surface area contributed by atoms with Crippen LogP contribution in [-0.4, -0.2) is 28.9 Å². The molecule has 29 heavy (non-hydrogen) atoms. The molecule has 0 bridgehead atoms. The van der Waals surface area contributed by atoms with Crippen molar-refractivity contribution < 1.29 is 9.53 Å². The summed E-state index contributed by atoms with van der Waals surface area (Å²) in [5.41, 5.74) is 3.82. The zero-order chi connectivity index (χ0) is 20.4. The highest BCUT2D eigenvalue weighted by Crippen LogP contribution is 2.41. The van der Waals surface area contributed by atoms with E-state index in [1.165, 1.54) is 16.8 Å². The third-order valence-corrected chi connectivity index (χ3v) is 6.58. The molecule has 0 saturated heterocycles. The van der Waals surface area contributed by atoms with Gasteiger partial charge in [-0.05, 0) is 43.1 Å². The molecule has 1 aromatic carbocycles. The summed E-state index contributed by atoms with van der Waals surface area (Å²) in [5, 5.41) is 8.07. The van der Waals surface area contributed by atoms with Gasteiger partial charge in [0.15, 0.2) is 0 Å². The lowest BCUT2D eigenvalue weighted by molar-refractivity contribution is -0.128. The average Bonchev–Trinajstić information content (AvgIpc) is 3.10. The van der Waals surface area contributed by atoms with E-state index in [1.807, 2.05) is 12.3 Å². The molecule has 5 heteroatoms. The third-order valence-electron chi connectivity index (χ3n) is 6.58. The van der Waals surface area contributed by atoms with Crippen molar-refractivity contribution in [1.29, 1.82) is 0 Å². The van der Waals surface area contributed by atoms with Crippen LogP contribution in [0.2, 0.25) is 0 Å². The molecule has 1 amide bonds. The molecule has 4 rings (SSSR count). The van der Waals surface area contributed by atoms with E-state index in [-0.39, 0.29) is 29.4 Å². The Morgan fingerprint density at radius 1 is 1.28 bits per heavy atom. The van der Waals surface area contributed by atoms with Gasteiger partial charge in [-0.2, -0.15) is 5.10 Å². The van der Waals surface area contributed by atoms with Gasteiger partial charge in [-0.15, -0.1) is 0 Å². The van der Waals surface area contributed by atoms with Crippen molar-refractivity contribution in [3.05, 3.63) is 53.3 Å². The van der Waals surface area contributed by atoms with Crippen LogP contribution in [0.3, 0.4) is 0 Å². The highest BCUT2D eigenvalue weighted by Gasteiger charge is 2.37. The first-order valence-corrected chi connectivity index (χ1v) is 10.9. The number of amides is 1. The summed E-state index contributed by atoms with van der Waals surface area (Å²) in [5.74, 6) is 0.234. The van der Waals surface area contributed by atoms with Gasteiger partial charge in [-0.3, -0.25) is 9.48 Å². The van der Waals surface area contributed by atoms with Gasteiger partial charge in [0, 0.05) is 24.3 Å². The largest absolute Gasteiger partial charge is 0.381 e. The van der Waals surface area contributed by atoms with Crippen LogP contribution in [0.1, 0.15) is 68.8 Å². The summed E-state index contributed by atoms with van der Waals surface area (Å²) in [6, 6.07) is 10.5. The average molecular weight is 396 g/mol. The standard InChI is InChI=1S/C24H33N3O2/c1-24(2)13-21(26-23(28)18-10-7-11-19(12-18)29-3)20-15-25-27(22(20)14-24)16-17-8-5-4-6-9-17/h4-6,8-9,15,18-19,21H,7,10-14,16H2,1-3H3,(H,26,28)/t18-,19-,21-/m1/s1. The molecule has 1 saturated carbocycles. The molecule has 2 aliphatic carbocycles. The lowest BCUT2D eigenvalue weighted by atomic mass is 9.74. The lowest BCUT2D eigenvalue weighted by Crippen LogP contribution is -2.41. The Morgan fingerprint density at radius 2 is 2.07 bits per heavy atom. The van der Waals surface area contributed by atoms with Gasteiger partial charge in [0.1, 0.15) is 0 Å². The number of nitrogens with zero attached hydrogens (tertiary/aromatic N) is 2. The molecule has 156 valence electrons. The van der Waals surface area contributed by atoms with E-state index >= 15 is 0 Å². The number of carbonyl (C=O) groups excluding carboxylic acids is 1. The minimum absolute atomic E-state index is 0.0358. The van der Waals surface area contributed by atoms with Gasteiger partial charge >= 0.3 is 0 Å². The summed E-state index contributed by atoms with van der Waals surface area (Å²) in [4.78, 5) is 13.1. The Balaban J connectivity index is 1.52. The summed E-state index contributed by atoms with van der Waals surface area (Å²) in [6.07, 6.45) is 8.03. The number of aromatic nitrogens is 2. The Morgan fingerprint density at radius 3 is 2.83 bits per heavy atom. The number of benzene rings is 1. The second kappa shape index (κ2) is 8.31. The molecule has 3 atom stereocenters. The molecule has 1 fully saturated rings. The molecule has 5 nitrogen and oxygen atoms in total. The summed E-state index contributed by atoms with van der Waals surface area (Å²) in [7, 11) is 1.75. The SMILES string of the molecule is CO[C@@H]1CCC[C@@H](C(=O)N[C@@H]2CC(C)(C)Cc3c2cnn3Cc2ccccc2)C1. The number of carbonyl (C=O) groups is 1. The first kappa shape index (κ1) is 20.1. The Kier molecular flexibility index (Phi) is 5.77. The summed E-state index contributed by atoms with van der Waals surface area (Å²) >= 11 is 0. The van der Waals surface area contributed by atoms with E-state index in [2.05, 4.69) is 48.1 Å². The number of ether oxygens (including phenoxy) is 1. The van der Waals surface area contributed by atoms with Crippen molar-refractivity contribution in [2.24, 2.45) is 11.3 Å². The normalized spacial score (nSPS) is 26.0. The predicted octanol–water partition coefficient (Wildman–Crippen LogP) is 4.27. The minimum Gasteiger partial charge on any atom is -0.381 e. The van der Waals surface area contributed by atoms with E-state index in [0.717, 1.165) is 45.1 Å². The number of methoxy groups -OCH3 is 1. The van der Waals surface area contributed by atoms with Crippen molar-refractivity contribution in [3.63, 3.8) is 0 Å². The molecule has 2 aromatic rings. The predicted molar refractivity (Wildman–Crippen MR) is 114 cm³/mol. The molecular formula is C24H33N3O2. The van der Waals surface area contributed by atoms with E-state index in [1.54, 1.807) is 7.11 Å². The molecule has 0 aliphatic heterocycles. The van der Waals surface area contributed by atoms with Crippen LogP contribution in [0.5, 0.6) is 0 Å². The molecule has 1 aromatic heterocycles. The number of hydrogen-bond acceptors (Lipinski definition) is 3. The van der Waals surface area contributed by atoms with Gasteiger partial charge in [0.25, 0.3) is 0 Å². The van der Waals surface area contributed by atoms with Crippen LogP contribution in [0, 0.1) is 11.3 Å². The van der Waals surface area contributed by atoms with Gasteiger partial charge < -0.3 is 10.1 Å². The van der Waals surface area contributed by atoms with Gasteiger partial charge in [-0.1, -0.05) is 50.6 Å². The molecular weight excluding hydrogens is 362 g/mol. The second-order valence-corrected chi connectivity index (χ2v) is 9.52. The van der Waals surface area contributed by atoms with E-state index in [0.29, 0.717) is 0 Å². The van der Waals surface area contributed by atoms with Crippen molar-refractivity contribution in [2.75, 3.05) is 7.11 Å². The van der Waals surface area contributed by atoms with Crippen molar-refractivity contribution in [1.82, 2.24) is 15.1 Å². The van der Waals surface area contributed by atoms with Crippen LogP contribution in [0.25, 0.3) is 0 Å². The van der Waals surface area contributed by atoms with Gasteiger partial charge in [-0.25, -0.2) is 0 Å². The fraction of sp³-hybridized carbons (Fsp3) is 0.583. The van der Waals surface area contributed by atoms with Crippen molar-refractivity contribution >= 4 is 5.91 Å². The zero-order valence-electron chi connectivity index (χ0n) is 17.9. The van der Waals surface area contributed by atoms with Crippen LogP contribution in [-0.2, 0) is 22.5 Å². The maximum Gasteiger partial charge on any atom is 0.223 e. The molecule has 0 unspecified atom stereocenters. The maximum absolute atomic E-state index is 13.1. The van der Waals surface area contributed by atoms with E-state index in [9.17, 15) is 4.79 Å². The molecule has 0 radical (unpaired) electrons. The highest BCUT2D eigenvalue weighted by atomic mass is 16.5. The van der Waals surface area contributed by atoms with Gasteiger partial charge in [0.05, 0.1) is 24.9 Å². The number of nitrogens with one attached hydrogen (secondary N) is 1. The molecule has 0 spiro atoms. The van der Waals surface area contributed by atoms with Crippen LogP contribution < -0.4 is 5.32 Å². The topological polar surface area (TPSA) is 56.1 Å². The van der Waals surface area contributed by atoms with Crippen molar-refractivity contribution in [2.45, 2.75) is 71.1 Å². The lowest BCUT2D eigenvalue weighted by Gasteiger charge is -2.37. The Bertz CT molecular complexity index is 843. The fourth-order valence-corrected chi connectivity index (χ4v) is 5.01. The first-order valence-electron chi connectivity index (χ1n) is 10.9. The van der Waals surface area contributed by atoms with Crippen molar-refractivity contribution in [3.8, 4) is 0 Å². The van der Waals surface area contributed by atoms with Gasteiger partial charge in [0.2, 0.25) is 5.91 Å². The number of rotatable bonds is 5. The highest BCUT2D eigenvalue weighted by molar-refractivity contribution is 5.79. The minimum atomic E-state index is 0.0358. The van der Waals surface area contributed by atoms with Crippen LogP contribution >= 0.6 is 0 Å². The van der Waals surface area contributed by atoms with E-state index in [4.69, 9.17) is 9.84 Å². The Labute approximate surface area is 173 Å². The van der Waals surface area contributed by atoms with E-state index < -0.39 is 0 Å². The number of hydrogen-bond donors (Lipinski definition) is 1. The maximum atomic E-state index is 13.1. The summed E-state index contributed by atoms with van der Waals surface area (Å²) < 4.78 is 7.63. The molecule has 2 aliphatic rings. The summed E-state index contributed by atoms with van der Waals surface area (Å²) in [6.45, 7) is 5.35. The quantitative estimate of drug-likeness (QED) is 0.823. The first-order chi connectivity index (χ1) is 13.9. The van der Waals surface area contributed by atoms with Crippen LogP contribution in [0.4, 0.5) is 0 Å². The fourth-order valence-electron chi connectivity index (χ4n) is 5.01. The third kappa shape index (κ3) is 4.55. The monoisotopic (exact) mass is 395 g/mol. The Hall–Kier alpha value is -2.14. The zero-order valence-corrected chi connectivity index (χ0v) is 17.9. The molecule has 1 N–H and O–H groups in total. The number of fused-ring (bicyclic) bond motifs is 1. The van der Waals surface area contributed by atoms with Crippen LogP contribution in [0.15, 0.2) is 36.5 Å². The smallest absolute Gasteiger partial charge is 0.223 e. The molecule has 1 heterocycles. The second-order valence-electron chi connectivity index (χ2n) is 9.52.